The molecule has 7 heteroatoms. The predicted octanol–water partition coefficient (Wildman–Crippen LogP) is 4.77. The van der Waals surface area contributed by atoms with Crippen molar-refractivity contribution in [1.82, 2.24) is 4.90 Å². The molecule has 0 saturated heterocycles. The van der Waals surface area contributed by atoms with E-state index in [1.54, 1.807) is 61.5 Å². The number of anilines is 1. The summed E-state index contributed by atoms with van der Waals surface area (Å²) in [5.74, 6) is -3.68. The normalized spacial score (nSPS) is 19.2. The zero-order chi connectivity index (χ0) is 27.7. The van der Waals surface area contributed by atoms with E-state index in [0.717, 1.165) is 10.5 Å². The molecule has 2 heterocycles. The monoisotopic (exact) mass is 518 g/mol. The van der Waals surface area contributed by atoms with Crippen LogP contribution in [-0.2, 0) is 25.7 Å². The maximum absolute atomic E-state index is 14.5. The van der Waals surface area contributed by atoms with Crippen molar-refractivity contribution in [2.75, 3.05) is 4.90 Å². The molecule has 2 amide bonds. The summed E-state index contributed by atoms with van der Waals surface area (Å²) in [6.45, 7) is 3.03. The predicted molar refractivity (Wildman–Crippen MR) is 147 cm³/mol. The lowest BCUT2D eigenvalue weighted by atomic mass is 9.79. The Morgan fingerprint density at radius 3 is 2.00 bits per heavy atom. The fourth-order valence-electron chi connectivity index (χ4n) is 5.41. The first-order valence-electron chi connectivity index (χ1n) is 12.5. The minimum absolute atomic E-state index is 0.0267. The number of benzene rings is 3. The van der Waals surface area contributed by atoms with Crippen molar-refractivity contribution in [3.8, 4) is 0 Å². The zero-order valence-electron chi connectivity index (χ0n) is 21.5. The number of ketones is 2. The van der Waals surface area contributed by atoms with E-state index in [-0.39, 0.29) is 17.8 Å². The van der Waals surface area contributed by atoms with Crippen LogP contribution in [0, 0.1) is 0 Å². The molecule has 1 N–H and O–H groups in total. The number of allylic oxidation sites excluding steroid dienone is 2. The van der Waals surface area contributed by atoms with Crippen LogP contribution >= 0.6 is 0 Å². The van der Waals surface area contributed by atoms with Gasteiger partial charge < -0.3 is 10.0 Å². The molecular weight excluding hydrogens is 492 g/mol. The minimum atomic E-state index is -2.16. The van der Waals surface area contributed by atoms with Crippen molar-refractivity contribution in [2.45, 2.75) is 25.9 Å². The smallest absolute Gasteiger partial charge is 0.295 e. The maximum atomic E-state index is 14.5. The van der Waals surface area contributed by atoms with Gasteiger partial charge in [-0.15, -0.1) is 0 Å². The third kappa shape index (κ3) is 4.08. The maximum Gasteiger partial charge on any atom is 0.295 e. The number of hydrogen-bond donors (Lipinski definition) is 1. The van der Waals surface area contributed by atoms with Crippen molar-refractivity contribution in [3.63, 3.8) is 0 Å². The summed E-state index contributed by atoms with van der Waals surface area (Å²) in [4.78, 5) is 57.8. The third-order valence-corrected chi connectivity index (χ3v) is 7.05. The number of nitrogens with zero attached hydrogens (tertiary/aromatic N) is 2. The Bertz CT molecular complexity index is 1570. The van der Waals surface area contributed by atoms with Gasteiger partial charge in [-0.3, -0.25) is 24.1 Å². The first-order chi connectivity index (χ1) is 18.8. The number of para-hydroxylation sites is 1. The van der Waals surface area contributed by atoms with Gasteiger partial charge in [-0.2, -0.15) is 0 Å². The molecule has 1 unspecified atom stereocenters. The highest BCUT2D eigenvalue weighted by Gasteiger charge is 2.67. The van der Waals surface area contributed by atoms with Gasteiger partial charge in [0.05, 0.1) is 17.7 Å². The molecule has 0 aromatic heterocycles. The second-order valence-corrected chi connectivity index (χ2v) is 9.41. The molecule has 0 bridgehead atoms. The van der Waals surface area contributed by atoms with Gasteiger partial charge in [0.2, 0.25) is 0 Å². The summed E-state index contributed by atoms with van der Waals surface area (Å²) in [6, 6.07) is 26.5. The summed E-state index contributed by atoms with van der Waals surface area (Å²) in [7, 11) is 0. The number of carbonyl (C=O) groups excluding carboxylic acids is 4. The first-order valence-corrected chi connectivity index (χ1v) is 12.5. The second kappa shape index (κ2) is 10.0. The Morgan fingerprint density at radius 2 is 1.41 bits per heavy atom. The molecule has 1 atom stereocenters. The summed E-state index contributed by atoms with van der Waals surface area (Å²) in [5, 5.41) is 11.2. The highest BCUT2D eigenvalue weighted by atomic mass is 16.3. The molecule has 39 heavy (non-hydrogen) atoms. The molecular formula is C32H26N2O5. The van der Waals surface area contributed by atoms with Crippen LogP contribution in [0.3, 0.4) is 0 Å². The number of aliphatic hydroxyl groups is 1. The zero-order valence-corrected chi connectivity index (χ0v) is 21.5. The first kappa shape index (κ1) is 25.6. The van der Waals surface area contributed by atoms with Crippen LogP contribution in [0.2, 0.25) is 0 Å². The van der Waals surface area contributed by atoms with E-state index >= 15 is 0 Å². The van der Waals surface area contributed by atoms with Crippen molar-refractivity contribution in [2.24, 2.45) is 0 Å². The minimum Gasteiger partial charge on any atom is -0.503 e. The van der Waals surface area contributed by atoms with Crippen LogP contribution < -0.4 is 4.90 Å². The summed E-state index contributed by atoms with van der Waals surface area (Å²) >= 11 is 0. The van der Waals surface area contributed by atoms with E-state index in [2.05, 4.69) is 0 Å². The molecule has 2 aliphatic heterocycles. The lowest BCUT2D eigenvalue weighted by Crippen LogP contribution is -2.58. The number of aliphatic hydroxyl groups excluding tert-OH is 1. The van der Waals surface area contributed by atoms with Crippen LogP contribution in [0.4, 0.5) is 5.69 Å². The fraction of sp³-hybridized carbons (Fsp3) is 0.125. The molecule has 0 fully saturated rings. The van der Waals surface area contributed by atoms with Crippen LogP contribution in [-0.4, -0.2) is 38.9 Å². The molecule has 5 rings (SSSR count). The highest BCUT2D eigenvalue weighted by Crippen LogP contribution is 2.50. The van der Waals surface area contributed by atoms with E-state index in [1.165, 1.54) is 24.0 Å². The molecule has 194 valence electrons. The molecule has 0 saturated carbocycles. The molecule has 2 aliphatic rings. The summed E-state index contributed by atoms with van der Waals surface area (Å²) < 4.78 is 0. The fourth-order valence-corrected chi connectivity index (χ4v) is 5.41. The molecule has 3 aromatic carbocycles. The van der Waals surface area contributed by atoms with Gasteiger partial charge >= 0.3 is 0 Å². The number of carbonyl (C=O) groups is 4. The van der Waals surface area contributed by atoms with Gasteiger partial charge in [0, 0.05) is 11.4 Å². The lowest BCUT2D eigenvalue weighted by Gasteiger charge is -2.36. The Balaban J connectivity index is 1.73. The van der Waals surface area contributed by atoms with E-state index in [9.17, 15) is 24.3 Å². The Hall–Kier alpha value is -5.04. The summed E-state index contributed by atoms with van der Waals surface area (Å²) in [5.41, 5.74) is -0.528. The average molecular weight is 519 g/mol. The van der Waals surface area contributed by atoms with Crippen LogP contribution in [0.15, 0.2) is 120 Å². The largest absolute Gasteiger partial charge is 0.503 e. The van der Waals surface area contributed by atoms with Crippen LogP contribution in [0.25, 0.3) is 6.08 Å². The van der Waals surface area contributed by atoms with E-state index in [4.69, 9.17) is 0 Å². The van der Waals surface area contributed by atoms with Gasteiger partial charge in [-0.05, 0) is 43.2 Å². The number of hydrogen-bond acceptors (Lipinski definition) is 5. The number of amides is 2. The standard InChI is InChI=1S/C32H26N2O5/c1-21-27(22(2)35)32(31(39)33(21)20-24-14-8-4-9-15-24)28(26(36)19-18-23-12-6-3-7-13-23)29(37)30(38)34(32)25-16-10-5-11-17-25/h3-19,37H,20H2,1-2H3. The van der Waals surface area contributed by atoms with Gasteiger partial charge in [-0.25, -0.2) is 0 Å². The van der Waals surface area contributed by atoms with Gasteiger partial charge in [0.25, 0.3) is 11.8 Å². The lowest BCUT2D eigenvalue weighted by molar-refractivity contribution is -0.133. The Labute approximate surface area is 226 Å². The number of rotatable bonds is 7. The molecule has 7 nitrogen and oxygen atoms in total. The van der Waals surface area contributed by atoms with Gasteiger partial charge in [0.15, 0.2) is 22.9 Å². The Kier molecular flexibility index (Phi) is 6.58. The molecule has 0 radical (unpaired) electrons. The average Bonchev–Trinajstić information content (AvgIpc) is 3.30. The number of Topliss-reactive ketones (excluding diaryl/α,β-unsaturated/α-hetero) is 1. The third-order valence-electron chi connectivity index (χ3n) is 7.05. The van der Waals surface area contributed by atoms with E-state index < -0.39 is 40.3 Å². The van der Waals surface area contributed by atoms with E-state index in [0.29, 0.717) is 11.3 Å². The van der Waals surface area contributed by atoms with Crippen LogP contribution in [0.1, 0.15) is 25.0 Å². The van der Waals surface area contributed by atoms with Gasteiger partial charge in [0.1, 0.15) is 0 Å². The second-order valence-electron chi connectivity index (χ2n) is 9.41. The highest BCUT2D eigenvalue weighted by molar-refractivity contribution is 6.31. The van der Waals surface area contributed by atoms with Crippen LogP contribution in [0.5, 0.6) is 0 Å². The topological polar surface area (TPSA) is 95.0 Å². The van der Waals surface area contributed by atoms with Crippen molar-refractivity contribution >= 4 is 35.1 Å². The van der Waals surface area contributed by atoms with E-state index in [1.807, 2.05) is 36.4 Å². The quantitative estimate of drug-likeness (QED) is 0.455. The SMILES string of the molecule is CC(=O)C1=C(C)N(Cc2ccccc2)C(=O)C12C(C(=O)C=Cc1ccccc1)=C(O)C(=O)N2c1ccccc1. The molecule has 3 aromatic rings. The molecule has 1 spiro atoms. The Morgan fingerprint density at radius 1 is 0.846 bits per heavy atom. The molecule has 0 aliphatic carbocycles. The summed E-state index contributed by atoms with van der Waals surface area (Å²) in [6.07, 6.45) is 2.75. The van der Waals surface area contributed by atoms with Crippen molar-refractivity contribution in [1.29, 1.82) is 0 Å². The van der Waals surface area contributed by atoms with Crippen molar-refractivity contribution in [3.05, 3.63) is 131 Å². The van der Waals surface area contributed by atoms with Gasteiger partial charge in [-0.1, -0.05) is 84.9 Å². The van der Waals surface area contributed by atoms with Crippen molar-refractivity contribution < 1.29 is 24.3 Å².